The summed E-state index contributed by atoms with van der Waals surface area (Å²) in [7, 11) is 0. The maximum atomic E-state index is 13.6. The fraction of sp³-hybridized carbons (Fsp3) is 0.529. The van der Waals surface area contributed by atoms with Gasteiger partial charge in [-0.2, -0.15) is 8.78 Å². The van der Waals surface area contributed by atoms with Crippen molar-refractivity contribution in [3.8, 4) is 5.75 Å². The van der Waals surface area contributed by atoms with Crippen molar-refractivity contribution in [2.45, 2.75) is 45.0 Å². The van der Waals surface area contributed by atoms with Gasteiger partial charge in [0.15, 0.2) is 11.6 Å². The Labute approximate surface area is 154 Å². The molecule has 10 heteroatoms. The molecule has 0 radical (unpaired) electrons. The van der Waals surface area contributed by atoms with Crippen LogP contribution in [0.2, 0.25) is 0 Å². The molecule has 1 aromatic rings. The molecule has 0 aromatic heterocycles. The number of rotatable bonds is 9. The van der Waals surface area contributed by atoms with E-state index in [-0.39, 0.29) is 25.2 Å². The lowest BCUT2D eigenvalue weighted by Gasteiger charge is -2.42. The van der Waals surface area contributed by atoms with Gasteiger partial charge in [0.1, 0.15) is 0 Å². The van der Waals surface area contributed by atoms with E-state index in [1.54, 1.807) is 0 Å². The van der Waals surface area contributed by atoms with E-state index in [1.807, 2.05) is 11.8 Å². The van der Waals surface area contributed by atoms with Gasteiger partial charge >= 0.3 is 18.6 Å². The number of nitrogens with one attached hydrogen (secondary N) is 2. The minimum atomic E-state index is -3.11. The summed E-state index contributed by atoms with van der Waals surface area (Å²) in [6, 6.07) is 3.10. The molecule has 1 fully saturated rings. The summed E-state index contributed by atoms with van der Waals surface area (Å²) in [5.74, 6) is -2.38. The summed E-state index contributed by atoms with van der Waals surface area (Å²) in [6.45, 7) is -0.621. The number of halogens is 3. The van der Waals surface area contributed by atoms with Gasteiger partial charge in [-0.25, -0.2) is 9.18 Å². The number of urea groups is 1. The van der Waals surface area contributed by atoms with E-state index in [2.05, 4.69) is 15.4 Å². The van der Waals surface area contributed by atoms with Crippen molar-refractivity contribution >= 4 is 12.0 Å². The molecule has 150 valence electrons. The third-order valence-corrected chi connectivity index (χ3v) is 4.37. The van der Waals surface area contributed by atoms with Gasteiger partial charge in [0, 0.05) is 18.6 Å². The van der Waals surface area contributed by atoms with Crippen LogP contribution in [0.5, 0.6) is 5.75 Å². The number of ether oxygens (including phenoxy) is 1. The Morgan fingerprint density at radius 3 is 2.63 bits per heavy atom. The van der Waals surface area contributed by atoms with Crippen LogP contribution in [-0.4, -0.2) is 53.8 Å². The lowest BCUT2D eigenvalue weighted by molar-refractivity contribution is -0.139. The van der Waals surface area contributed by atoms with Gasteiger partial charge in [0.05, 0.1) is 6.54 Å². The molecule has 2 rings (SSSR count). The Kier molecular flexibility index (Phi) is 7.28. The second kappa shape index (κ2) is 9.45. The number of benzene rings is 1. The lowest BCUT2D eigenvalue weighted by Crippen LogP contribution is -2.56. The predicted molar refractivity (Wildman–Crippen MR) is 90.1 cm³/mol. The summed E-state index contributed by atoms with van der Waals surface area (Å²) >= 11 is 0. The van der Waals surface area contributed by atoms with E-state index in [1.165, 1.54) is 6.07 Å². The fourth-order valence-corrected chi connectivity index (χ4v) is 2.94. The second-order valence-corrected chi connectivity index (χ2v) is 6.25. The summed E-state index contributed by atoms with van der Waals surface area (Å²) in [5.41, 5.74) is 0.398. The molecule has 0 spiro atoms. The van der Waals surface area contributed by atoms with Gasteiger partial charge in [-0.15, -0.1) is 0 Å². The van der Waals surface area contributed by atoms with Crippen LogP contribution >= 0.6 is 0 Å². The van der Waals surface area contributed by atoms with Crippen LogP contribution in [0.25, 0.3) is 0 Å². The lowest BCUT2D eigenvalue weighted by atomic mass is 9.85. The zero-order valence-corrected chi connectivity index (χ0v) is 14.8. The maximum Gasteiger partial charge on any atom is 0.387 e. The number of amides is 2. The number of hydrogen-bond donors (Lipinski definition) is 3. The van der Waals surface area contributed by atoms with Crippen molar-refractivity contribution in [2.75, 3.05) is 13.1 Å². The van der Waals surface area contributed by atoms with Crippen molar-refractivity contribution in [2.24, 2.45) is 0 Å². The van der Waals surface area contributed by atoms with E-state index in [9.17, 15) is 22.8 Å². The topological polar surface area (TPSA) is 90.9 Å². The van der Waals surface area contributed by atoms with E-state index in [0.29, 0.717) is 24.9 Å². The SMILES string of the molecule is CCN(CC(=O)O)C1CC(NC(=O)NCc2ccc(OC(F)F)c(F)c2)C1. The number of aliphatic carboxylic acids is 1. The van der Waals surface area contributed by atoms with Gasteiger partial charge < -0.3 is 20.5 Å². The zero-order valence-electron chi connectivity index (χ0n) is 14.8. The van der Waals surface area contributed by atoms with Gasteiger partial charge in [-0.05, 0) is 37.1 Å². The smallest absolute Gasteiger partial charge is 0.387 e. The molecule has 1 aromatic carbocycles. The number of carbonyl (C=O) groups excluding carboxylic acids is 1. The molecule has 1 aliphatic carbocycles. The third kappa shape index (κ3) is 6.31. The van der Waals surface area contributed by atoms with Crippen LogP contribution in [0.3, 0.4) is 0 Å². The first-order valence-electron chi connectivity index (χ1n) is 8.52. The van der Waals surface area contributed by atoms with E-state index in [4.69, 9.17) is 5.11 Å². The second-order valence-electron chi connectivity index (χ2n) is 6.25. The first-order chi connectivity index (χ1) is 12.8. The highest BCUT2D eigenvalue weighted by molar-refractivity contribution is 5.74. The molecule has 0 unspecified atom stereocenters. The van der Waals surface area contributed by atoms with Gasteiger partial charge in [0.2, 0.25) is 0 Å². The minimum Gasteiger partial charge on any atom is -0.480 e. The number of likely N-dealkylation sites (N-methyl/N-ethyl adjacent to an activating group) is 1. The van der Waals surface area contributed by atoms with Crippen LogP contribution in [0.15, 0.2) is 18.2 Å². The standard InChI is InChI=1S/C17H22F3N3O4/c1-2-23(9-15(24)25)12-6-11(7-12)22-17(26)21-8-10-3-4-14(13(18)5-10)27-16(19)20/h3-5,11-12,16H,2,6-9H2,1H3,(H,24,25)(H2,21,22,26). The van der Waals surface area contributed by atoms with Crippen molar-refractivity contribution in [3.05, 3.63) is 29.6 Å². The van der Waals surface area contributed by atoms with Crippen molar-refractivity contribution in [1.29, 1.82) is 0 Å². The van der Waals surface area contributed by atoms with Crippen LogP contribution in [0.1, 0.15) is 25.3 Å². The monoisotopic (exact) mass is 389 g/mol. The average Bonchev–Trinajstić information content (AvgIpc) is 2.55. The van der Waals surface area contributed by atoms with Gasteiger partial charge in [0.25, 0.3) is 0 Å². The highest BCUT2D eigenvalue weighted by Crippen LogP contribution is 2.25. The summed E-state index contributed by atoms with van der Waals surface area (Å²) in [4.78, 5) is 24.5. The highest BCUT2D eigenvalue weighted by atomic mass is 19.3. The highest BCUT2D eigenvalue weighted by Gasteiger charge is 2.34. The molecule has 0 heterocycles. The molecule has 0 atom stereocenters. The number of carbonyl (C=O) groups is 2. The quantitative estimate of drug-likeness (QED) is 0.602. The van der Waals surface area contributed by atoms with Crippen LogP contribution in [0, 0.1) is 5.82 Å². The fourth-order valence-electron chi connectivity index (χ4n) is 2.94. The molecular weight excluding hydrogens is 367 g/mol. The molecule has 1 aliphatic rings. The number of carboxylic acid groups (broad SMARTS) is 1. The molecule has 2 amide bonds. The van der Waals surface area contributed by atoms with Crippen molar-refractivity contribution in [3.63, 3.8) is 0 Å². The van der Waals surface area contributed by atoms with Crippen molar-refractivity contribution in [1.82, 2.24) is 15.5 Å². The molecule has 0 saturated heterocycles. The number of nitrogens with zero attached hydrogens (tertiary/aromatic N) is 1. The van der Waals surface area contributed by atoms with Crippen LogP contribution in [0.4, 0.5) is 18.0 Å². The first kappa shape index (κ1) is 20.8. The number of hydrogen-bond acceptors (Lipinski definition) is 4. The van der Waals surface area contributed by atoms with Gasteiger partial charge in [-0.3, -0.25) is 9.69 Å². The van der Waals surface area contributed by atoms with E-state index < -0.39 is 30.2 Å². The Morgan fingerprint density at radius 1 is 1.37 bits per heavy atom. The van der Waals surface area contributed by atoms with Crippen LogP contribution < -0.4 is 15.4 Å². The maximum absolute atomic E-state index is 13.6. The zero-order chi connectivity index (χ0) is 20.0. The minimum absolute atomic E-state index is 0.0218. The molecule has 27 heavy (non-hydrogen) atoms. The largest absolute Gasteiger partial charge is 0.480 e. The Bertz CT molecular complexity index is 669. The van der Waals surface area contributed by atoms with Gasteiger partial charge in [-0.1, -0.05) is 13.0 Å². The molecular formula is C17H22F3N3O4. The predicted octanol–water partition coefficient (Wildman–Crippen LogP) is 2.16. The number of alkyl halides is 2. The third-order valence-electron chi connectivity index (χ3n) is 4.37. The molecule has 3 N–H and O–H groups in total. The first-order valence-corrected chi connectivity index (χ1v) is 8.52. The van der Waals surface area contributed by atoms with Crippen LogP contribution in [-0.2, 0) is 11.3 Å². The number of carboxylic acids is 1. The molecule has 0 bridgehead atoms. The van der Waals surface area contributed by atoms with E-state index in [0.717, 1.165) is 12.1 Å². The normalized spacial score (nSPS) is 18.9. The average molecular weight is 389 g/mol. The Balaban J connectivity index is 1.73. The Hall–Kier alpha value is -2.49. The Morgan fingerprint density at radius 2 is 2.07 bits per heavy atom. The molecule has 7 nitrogen and oxygen atoms in total. The van der Waals surface area contributed by atoms with Crippen molar-refractivity contribution < 1.29 is 32.6 Å². The molecule has 1 saturated carbocycles. The molecule has 0 aliphatic heterocycles. The summed E-state index contributed by atoms with van der Waals surface area (Å²) in [5, 5.41) is 14.2. The van der Waals surface area contributed by atoms with E-state index >= 15 is 0 Å². The summed E-state index contributed by atoms with van der Waals surface area (Å²) < 4.78 is 41.8. The summed E-state index contributed by atoms with van der Waals surface area (Å²) in [6.07, 6.45) is 1.31.